The van der Waals surface area contributed by atoms with E-state index in [0.717, 1.165) is 11.6 Å². The van der Waals surface area contributed by atoms with Crippen molar-refractivity contribution in [3.05, 3.63) is 65.0 Å². The number of carbonyl (C=O) groups excluding carboxylic acids is 1. The fraction of sp³-hybridized carbons (Fsp3) is 0.350. The average molecular weight is 388 g/mol. The van der Waals surface area contributed by atoms with Crippen LogP contribution in [-0.4, -0.2) is 40.3 Å². The van der Waals surface area contributed by atoms with Crippen molar-refractivity contribution >= 4 is 5.91 Å². The van der Waals surface area contributed by atoms with Gasteiger partial charge in [0, 0.05) is 45.3 Å². The highest BCUT2D eigenvalue weighted by atomic mass is 19.4. The standard InChI is InChI=1S/C20H19F3N4O/c21-20(22,23)18-5-4-17(12-25-18)14-27-9-8-26(7-6-19(27)28)13-16-3-1-2-15(10-16)11-24/h1-5,10,12H,6-9,13-14H2. The van der Waals surface area contributed by atoms with Crippen LogP contribution in [0.2, 0.25) is 0 Å². The van der Waals surface area contributed by atoms with E-state index in [1.165, 1.54) is 12.3 Å². The van der Waals surface area contributed by atoms with Crippen molar-refractivity contribution < 1.29 is 18.0 Å². The van der Waals surface area contributed by atoms with Crippen LogP contribution in [0.15, 0.2) is 42.6 Å². The van der Waals surface area contributed by atoms with Crippen LogP contribution >= 0.6 is 0 Å². The van der Waals surface area contributed by atoms with Crippen LogP contribution in [-0.2, 0) is 24.1 Å². The average Bonchev–Trinajstić information content (AvgIpc) is 2.84. The summed E-state index contributed by atoms with van der Waals surface area (Å²) in [4.78, 5) is 19.6. The van der Waals surface area contributed by atoms with Gasteiger partial charge >= 0.3 is 6.18 Å². The summed E-state index contributed by atoms with van der Waals surface area (Å²) < 4.78 is 37.8. The van der Waals surface area contributed by atoms with Gasteiger partial charge in [-0.15, -0.1) is 0 Å². The van der Waals surface area contributed by atoms with E-state index in [2.05, 4.69) is 16.0 Å². The summed E-state index contributed by atoms with van der Waals surface area (Å²) in [6, 6.07) is 11.8. The van der Waals surface area contributed by atoms with E-state index in [9.17, 15) is 18.0 Å². The molecule has 0 bridgehead atoms. The molecule has 0 aliphatic carbocycles. The lowest BCUT2D eigenvalue weighted by atomic mass is 10.1. The summed E-state index contributed by atoms with van der Waals surface area (Å²) in [6.07, 6.45) is -2.96. The van der Waals surface area contributed by atoms with Crippen molar-refractivity contribution in [3.8, 4) is 6.07 Å². The Morgan fingerprint density at radius 1 is 1.07 bits per heavy atom. The summed E-state index contributed by atoms with van der Waals surface area (Å²) in [7, 11) is 0. The molecule has 8 heteroatoms. The van der Waals surface area contributed by atoms with Crippen LogP contribution in [0.3, 0.4) is 0 Å². The number of carbonyl (C=O) groups is 1. The third-order valence-electron chi connectivity index (χ3n) is 4.63. The van der Waals surface area contributed by atoms with Crippen LogP contribution in [0, 0.1) is 11.3 Å². The molecule has 1 aromatic carbocycles. The molecule has 0 radical (unpaired) electrons. The first-order valence-electron chi connectivity index (χ1n) is 8.86. The fourth-order valence-electron chi connectivity index (χ4n) is 3.14. The molecule has 146 valence electrons. The predicted octanol–water partition coefficient (Wildman–Crippen LogP) is 3.21. The molecule has 1 saturated heterocycles. The Morgan fingerprint density at radius 2 is 1.89 bits per heavy atom. The second-order valence-corrected chi connectivity index (χ2v) is 6.70. The van der Waals surface area contributed by atoms with E-state index >= 15 is 0 Å². The number of halogens is 3. The topological polar surface area (TPSA) is 60.2 Å². The maximum atomic E-state index is 12.6. The van der Waals surface area contributed by atoms with Crippen LogP contribution < -0.4 is 0 Å². The molecule has 0 saturated carbocycles. The van der Waals surface area contributed by atoms with Crippen LogP contribution in [0.25, 0.3) is 0 Å². The number of rotatable bonds is 4. The monoisotopic (exact) mass is 388 g/mol. The van der Waals surface area contributed by atoms with E-state index in [4.69, 9.17) is 5.26 Å². The van der Waals surface area contributed by atoms with Crippen molar-refractivity contribution in [2.45, 2.75) is 25.7 Å². The molecule has 0 N–H and O–H groups in total. The van der Waals surface area contributed by atoms with Gasteiger partial charge in [-0.25, -0.2) is 0 Å². The van der Waals surface area contributed by atoms with Gasteiger partial charge in [0.1, 0.15) is 5.69 Å². The maximum Gasteiger partial charge on any atom is 0.433 e. The number of amides is 1. The first kappa shape index (κ1) is 19.8. The van der Waals surface area contributed by atoms with Gasteiger partial charge < -0.3 is 4.90 Å². The van der Waals surface area contributed by atoms with Crippen molar-refractivity contribution in [1.82, 2.24) is 14.8 Å². The molecule has 3 rings (SSSR count). The molecule has 28 heavy (non-hydrogen) atoms. The SMILES string of the molecule is N#Cc1cccc(CN2CCC(=O)N(Cc3ccc(C(F)(F)F)nc3)CC2)c1. The van der Waals surface area contributed by atoms with Gasteiger partial charge in [-0.3, -0.25) is 14.7 Å². The normalized spacial score (nSPS) is 15.9. The predicted molar refractivity (Wildman–Crippen MR) is 95.7 cm³/mol. The zero-order valence-corrected chi connectivity index (χ0v) is 15.1. The van der Waals surface area contributed by atoms with Gasteiger partial charge in [0.2, 0.25) is 5.91 Å². The van der Waals surface area contributed by atoms with Gasteiger partial charge in [0.25, 0.3) is 0 Å². The lowest BCUT2D eigenvalue weighted by molar-refractivity contribution is -0.141. The minimum atomic E-state index is -4.47. The summed E-state index contributed by atoms with van der Waals surface area (Å²) in [5.74, 6) is -0.0341. The van der Waals surface area contributed by atoms with Crippen LogP contribution in [0.5, 0.6) is 0 Å². The van der Waals surface area contributed by atoms with Crippen molar-refractivity contribution in [2.75, 3.05) is 19.6 Å². The molecule has 1 aromatic heterocycles. The Hall–Kier alpha value is -2.92. The van der Waals surface area contributed by atoms with Crippen molar-refractivity contribution in [2.24, 2.45) is 0 Å². The Labute approximate surface area is 161 Å². The van der Waals surface area contributed by atoms with E-state index in [-0.39, 0.29) is 12.5 Å². The van der Waals surface area contributed by atoms with E-state index < -0.39 is 11.9 Å². The third-order valence-corrected chi connectivity index (χ3v) is 4.63. The van der Waals surface area contributed by atoms with Crippen LogP contribution in [0.1, 0.15) is 28.8 Å². The number of aromatic nitrogens is 1. The number of alkyl halides is 3. The zero-order valence-electron chi connectivity index (χ0n) is 15.1. The molecule has 2 aromatic rings. The number of nitriles is 1. The summed E-state index contributed by atoms with van der Waals surface area (Å²) in [5, 5.41) is 9.00. The Morgan fingerprint density at radius 3 is 2.57 bits per heavy atom. The van der Waals surface area contributed by atoms with Gasteiger partial charge in [0.05, 0.1) is 11.6 Å². The quantitative estimate of drug-likeness (QED) is 0.807. The maximum absolute atomic E-state index is 12.6. The van der Waals surface area contributed by atoms with Crippen molar-refractivity contribution in [1.29, 1.82) is 5.26 Å². The summed E-state index contributed by atoms with van der Waals surface area (Å²) in [6.45, 7) is 2.60. The lowest BCUT2D eigenvalue weighted by Crippen LogP contribution is -2.32. The molecular weight excluding hydrogens is 369 g/mol. The largest absolute Gasteiger partial charge is 0.433 e. The Balaban J connectivity index is 1.61. The van der Waals surface area contributed by atoms with Crippen molar-refractivity contribution in [3.63, 3.8) is 0 Å². The summed E-state index contributed by atoms with van der Waals surface area (Å²) in [5.41, 5.74) is 1.23. The van der Waals surface area contributed by atoms with E-state index in [1.807, 2.05) is 18.2 Å². The molecular formula is C20H19F3N4O. The molecule has 2 heterocycles. The second-order valence-electron chi connectivity index (χ2n) is 6.70. The molecule has 1 aliphatic heterocycles. The minimum Gasteiger partial charge on any atom is -0.337 e. The smallest absolute Gasteiger partial charge is 0.337 e. The number of hydrogen-bond acceptors (Lipinski definition) is 4. The molecule has 0 atom stereocenters. The minimum absolute atomic E-state index is 0.0341. The van der Waals surface area contributed by atoms with E-state index in [1.54, 1.807) is 11.0 Å². The number of benzene rings is 1. The molecule has 1 amide bonds. The van der Waals surface area contributed by atoms with Crippen LogP contribution in [0.4, 0.5) is 13.2 Å². The van der Waals surface area contributed by atoms with Gasteiger partial charge in [0.15, 0.2) is 0 Å². The molecule has 1 fully saturated rings. The third kappa shape index (κ3) is 5.08. The molecule has 1 aliphatic rings. The first-order valence-corrected chi connectivity index (χ1v) is 8.86. The highest BCUT2D eigenvalue weighted by molar-refractivity contribution is 5.76. The molecule has 5 nitrogen and oxygen atoms in total. The van der Waals surface area contributed by atoms with Gasteiger partial charge in [-0.1, -0.05) is 18.2 Å². The van der Waals surface area contributed by atoms with E-state index in [0.29, 0.717) is 43.7 Å². The second kappa shape index (κ2) is 8.40. The summed E-state index contributed by atoms with van der Waals surface area (Å²) >= 11 is 0. The number of pyridine rings is 1. The Kier molecular flexibility index (Phi) is 5.95. The van der Waals surface area contributed by atoms with Gasteiger partial charge in [-0.2, -0.15) is 18.4 Å². The highest BCUT2D eigenvalue weighted by Gasteiger charge is 2.32. The number of hydrogen-bond donors (Lipinski definition) is 0. The Bertz CT molecular complexity index is 874. The molecule has 0 spiro atoms. The molecule has 0 unspecified atom stereocenters. The van der Waals surface area contributed by atoms with Gasteiger partial charge in [-0.05, 0) is 29.3 Å². The highest BCUT2D eigenvalue weighted by Crippen LogP contribution is 2.27. The fourth-order valence-corrected chi connectivity index (χ4v) is 3.14. The number of nitrogens with zero attached hydrogens (tertiary/aromatic N) is 4. The lowest BCUT2D eigenvalue weighted by Gasteiger charge is -2.22. The zero-order chi connectivity index (χ0) is 20.1. The first-order chi connectivity index (χ1) is 13.3.